The van der Waals surface area contributed by atoms with Gasteiger partial charge in [-0.3, -0.25) is 15.0 Å². The summed E-state index contributed by atoms with van der Waals surface area (Å²) in [6, 6.07) is 1.27. The van der Waals surface area contributed by atoms with Crippen LogP contribution in [0.2, 0.25) is 0 Å². The number of piperazine rings is 1. The number of anilines is 1. The summed E-state index contributed by atoms with van der Waals surface area (Å²) in [7, 11) is 1.54. The van der Waals surface area contributed by atoms with Crippen LogP contribution in [0, 0.1) is 0 Å². The van der Waals surface area contributed by atoms with Crippen molar-refractivity contribution in [1.82, 2.24) is 25.1 Å². The molecule has 2 fully saturated rings. The molecule has 3 amide bonds. The van der Waals surface area contributed by atoms with E-state index in [2.05, 4.69) is 38.2 Å². The number of rotatable bonds is 5. The Morgan fingerprint density at radius 1 is 1.22 bits per heavy atom. The minimum Gasteiger partial charge on any atom is -0.368 e. The van der Waals surface area contributed by atoms with Crippen molar-refractivity contribution in [2.24, 2.45) is 0 Å². The largest absolute Gasteiger partial charge is 0.368 e. The minimum absolute atomic E-state index is 0.264. The van der Waals surface area contributed by atoms with Crippen LogP contribution in [0.1, 0.15) is 5.69 Å². The molecule has 1 N–H and O–H groups in total. The Morgan fingerprint density at radius 3 is 2.56 bits per heavy atom. The van der Waals surface area contributed by atoms with E-state index in [-0.39, 0.29) is 5.70 Å². The molecule has 2 aliphatic heterocycles. The molecule has 0 bridgehead atoms. The third-order valence-electron chi connectivity index (χ3n) is 4.49. The second-order valence-corrected chi connectivity index (χ2v) is 6.13. The molecule has 27 heavy (non-hydrogen) atoms. The lowest BCUT2D eigenvalue weighted by atomic mass is 10.2. The summed E-state index contributed by atoms with van der Waals surface area (Å²) in [4.78, 5) is 37.9. The van der Waals surface area contributed by atoms with Crippen molar-refractivity contribution in [1.29, 1.82) is 0 Å². The van der Waals surface area contributed by atoms with Crippen molar-refractivity contribution in [2.75, 3.05) is 38.1 Å². The molecule has 2 saturated heterocycles. The molecule has 8 nitrogen and oxygen atoms in total. The van der Waals surface area contributed by atoms with E-state index in [0.29, 0.717) is 11.6 Å². The van der Waals surface area contributed by atoms with Crippen LogP contribution >= 0.6 is 0 Å². The van der Waals surface area contributed by atoms with Crippen molar-refractivity contribution < 1.29 is 9.59 Å². The number of nitrogens with zero attached hydrogens (tertiary/aromatic N) is 5. The van der Waals surface area contributed by atoms with Gasteiger partial charge in [-0.15, -0.1) is 0 Å². The van der Waals surface area contributed by atoms with Crippen LogP contribution in [0.4, 0.5) is 10.7 Å². The lowest BCUT2D eigenvalue weighted by molar-refractivity contribution is -0.115. The third-order valence-corrected chi connectivity index (χ3v) is 4.49. The van der Waals surface area contributed by atoms with Crippen LogP contribution < -0.4 is 10.2 Å². The van der Waals surface area contributed by atoms with Gasteiger partial charge in [0.15, 0.2) is 0 Å². The maximum Gasteiger partial charge on any atom is 0.328 e. The van der Waals surface area contributed by atoms with Crippen molar-refractivity contribution in [3.05, 3.63) is 60.7 Å². The van der Waals surface area contributed by atoms with Crippen LogP contribution in [0.25, 0.3) is 6.08 Å². The minimum atomic E-state index is -0.442. The van der Waals surface area contributed by atoms with Crippen molar-refractivity contribution in [2.45, 2.75) is 0 Å². The zero-order valence-electron chi connectivity index (χ0n) is 15.3. The standard InChI is InChI=1S/C19H22N6O2/c1-4-6-15(5-2)24-9-11-25(12-10-24)18-20-8-7-14(21-18)13-16-17(26)22-19(27)23(16)3/h4-8,13H,1-2,9-12H2,3H3,(H,22,26,27)/b15-6+,16-13-. The second-order valence-electron chi connectivity index (χ2n) is 6.13. The SMILES string of the molecule is C=C/C=C(\C=C)N1CCN(c2nccc(/C=C3/C(=O)NC(=O)N3C)n2)CC1. The maximum atomic E-state index is 11.8. The van der Waals surface area contributed by atoms with Crippen LogP contribution in [-0.2, 0) is 4.79 Å². The molecular weight excluding hydrogens is 344 g/mol. The third kappa shape index (κ3) is 3.89. The van der Waals surface area contributed by atoms with E-state index in [1.165, 1.54) is 4.90 Å². The van der Waals surface area contributed by atoms with Gasteiger partial charge in [0.05, 0.1) is 5.69 Å². The summed E-state index contributed by atoms with van der Waals surface area (Å²) in [5, 5.41) is 2.25. The Bertz CT molecular complexity index is 836. The first-order chi connectivity index (χ1) is 13.0. The van der Waals surface area contributed by atoms with Gasteiger partial charge < -0.3 is 9.80 Å². The predicted octanol–water partition coefficient (Wildman–Crippen LogP) is 1.38. The molecule has 8 heteroatoms. The Balaban J connectivity index is 1.73. The smallest absolute Gasteiger partial charge is 0.328 e. The maximum absolute atomic E-state index is 11.8. The van der Waals surface area contributed by atoms with Gasteiger partial charge in [-0.2, -0.15) is 0 Å². The number of hydrogen-bond donors (Lipinski definition) is 1. The first-order valence-electron chi connectivity index (χ1n) is 8.62. The van der Waals surface area contributed by atoms with Gasteiger partial charge in [-0.1, -0.05) is 19.2 Å². The number of allylic oxidation sites excluding steroid dienone is 3. The number of carbonyl (C=O) groups excluding carboxylic acids is 2. The number of carbonyl (C=O) groups is 2. The molecule has 1 aromatic rings. The normalized spacial score (nSPS) is 19.5. The average Bonchev–Trinajstić information content (AvgIpc) is 2.92. The molecule has 2 aliphatic rings. The molecule has 0 saturated carbocycles. The van der Waals surface area contributed by atoms with Crippen LogP contribution in [0.5, 0.6) is 0 Å². The number of amides is 3. The molecule has 1 aromatic heterocycles. The van der Waals surface area contributed by atoms with E-state index >= 15 is 0 Å². The molecule has 3 rings (SSSR count). The van der Waals surface area contributed by atoms with E-state index in [4.69, 9.17) is 0 Å². The fraction of sp³-hybridized carbons (Fsp3) is 0.263. The van der Waals surface area contributed by atoms with Crippen LogP contribution in [0.15, 0.2) is 55.0 Å². The number of nitrogens with one attached hydrogen (secondary N) is 1. The first kappa shape index (κ1) is 18.4. The predicted molar refractivity (Wildman–Crippen MR) is 104 cm³/mol. The highest BCUT2D eigenvalue weighted by atomic mass is 16.2. The fourth-order valence-electron chi connectivity index (χ4n) is 2.99. The molecule has 0 aromatic carbocycles. The number of aromatic nitrogens is 2. The van der Waals surface area contributed by atoms with Crippen molar-refractivity contribution in [3.8, 4) is 0 Å². The molecular formula is C19H22N6O2. The van der Waals surface area contributed by atoms with Gasteiger partial charge in [-0.25, -0.2) is 14.8 Å². The van der Waals surface area contributed by atoms with Gasteiger partial charge in [0.25, 0.3) is 5.91 Å². The van der Waals surface area contributed by atoms with Crippen LogP contribution in [-0.4, -0.2) is 64.9 Å². The topological polar surface area (TPSA) is 81.7 Å². The Kier molecular flexibility index (Phi) is 5.35. The second kappa shape index (κ2) is 7.86. The zero-order valence-corrected chi connectivity index (χ0v) is 15.3. The molecule has 0 radical (unpaired) electrons. The lowest BCUT2D eigenvalue weighted by Gasteiger charge is -2.36. The molecule has 0 aliphatic carbocycles. The molecule has 0 atom stereocenters. The highest BCUT2D eigenvalue weighted by molar-refractivity contribution is 6.13. The molecule has 3 heterocycles. The van der Waals surface area contributed by atoms with Crippen molar-refractivity contribution in [3.63, 3.8) is 0 Å². The number of imide groups is 1. The van der Waals surface area contributed by atoms with Gasteiger partial charge in [-0.05, 0) is 24.3 Å². The summed E-state index contributed by atoms with van der Waals surface area (Å²) in [5.41, 5.74) is 1.89. The van der Waals surface area contributed by atoms with Crippen molar-refractivity contribution >= 4 is 24.0 Å². The quantitative estimate of drug-likeness (QED) is 0.482. The zero-order chi connectivity index (χ0) is 19.4. The fourth-order valence-corrected chi connectivity index (χ4v) is 2.99. The number of hydrogen-bond acceptors (Lipinski definition) is 6. The monoisotopic (exact) mass is 366 g/mol. The van der Waals surface area contributed by atoms with E-state index in [0.717, 1.165) is 31.9 Å². The van der Waals surface area contributed by atoms with E-state index in [9.17, 15) is 9.59 Å². The Morgan fingerprint density at radius 2 is 1.96 bits per heavy atom. The highest BCUT2D eigenvalue weighted by Gasteiger charge is 2.29. The Labute approximate surface area is 158 Å². The average molecular weight is 366 g/mol. The van der Waals surface area contributed by atoms with Gasteiger partial charge >= 0.3 is 6.03 Å². The van der Waals surface area contributed by atoms with Gasteiger partial charge in [0.1, 0.15) is 5.70 Å². The summed E-state index contributed by atoms with van der Waals surface area (Å²) in [6.45, 7) is 10.7. The van der Waals surface area contributed by atoms with E-state index in [1.807, 2.05) is 12.2 Å². The molecule has 0 unspecified atom stereocenters. The van der Waals surface area contributed by atoms with Gasteiger partial charge in [0.2, 0.25) is 5.95 Å². The first-order valence-corrected chi connectivity index (χ1v) is 8.62. The summed E-state index contributed by atoms with van der Waals surface area (Å²) in [5.74, 6) is 0.173. The summed E-state index contributed by atoms with van der Waals surface area (Å²) in [6.07, 6.45) is 8.76. The van der Waals surface area contributed by atoms with Gasteiger partial charge in [0, 0.05) is 45.1 Å². The summed E-state index contributed by atoms with van der Waals surface area (Å²) < 4.78 is 0. The highest BCUT2D eigenvalue weighted by Crippen LogP contribution is 2.18. The number of likely N-dealkylation sites (N-methyl/N-ethyl adjacent to an activating group) is 1. The Hall–Kier alpha value is -3.42. The number of urea groups is 1. The summed E-state index contributed by atoms with van der Waals surface area (Å²) >= 11 is 0. The molecule has 140 valence electrons. The lowest BCUT2D eigenvalue weighted by Crippen LogP contribution is -2.46. The van der Waals surface area contributed by atoms with E-state index < -0.39 is 11.9 Å². The van der Waals surface area contributed by atoms with E-state index in [1.54, 1.807) is 31.5 Å². The van der Waals surface area contributed by atoms with Crippen LogP contribution in [0.3, 0.4) is 0 Å². The molecule has 0 spiro atoms.